The zero-order valence-corrected chi connectivity index (χ0v) is 13.0. The van der Waals surface area contributed by atoms with Gasteiger partial charge in [-0.05, 0) is 18.6 Å². The lowest BCUT2D eigenvalue weighted by atomic mass is 9.98. The molecule has 1 fully saturated rings. The van der Waals surface area contributed by atoms with Crippen LogP contribution in [0.2, 0.25) is 0 Å². The summed E-state index contributed by atoms with van der Waals surface area (Å²) in [5.41, 5.74) is 0.689. The van der Waals surface area contributed by atoms with Gasteiger partial charge < -0.3 is 19.7 Å². The molecule has 2 heterocycles. The summed E-state index contributed by atoms with van der Waals surface area (Å²) in [6, 6.07) is 7.90. The molecule has 0 aliphatic carbocycles. The molecule has 1 aliphatic rings. The number of aryl methyl sites for hydroxylation is 1. The van der Waals surface area contributed by atoms with Crippen LogP contribution < -0.4 is 5.32 Å². The van der Waals surface area contributed by atoms with Crippen molar-refractivity contribution in [3.8, 4) is 0 Å². The highest BCUT2D eigenvalue weighted by atomic mass is 16.5. The van der Waals surface area contributed by atoms with Crippen molar-refractivity contribution in [3.63, 3.8) is 0 Å². The van der Waals surface area contributed by atoms with Crippen LogP contribution in [0.25, 0.3) is 10.9 Å². The second-order valence-corrected chi connectivity index (χ2v) is 5.87. The molecule has 3 rings (SSSR count). The molecule has 122 valence electrons. The van der Waals surface area contributed by atoms with Crippen LogP contribution in [-0.2, 0) is 27.3 Å². The third kappa shape index (κ3) is 2.82. The van der Waals surface area contributed by atoms with Crippen molar-refractivity contribution in [3.05, 3.63) is 36.0 Å². The standard InChI is InChI=1S/C17H20N2O4/c1-2-19-10-12(13-5-3-4-6-14(13)19)9-15(20)18-17(16(21)22)7-8-23-11-17/h3-6,10H,2,7-9,11H2,1H3,(H,18,20)(H,21,22). The predicted molar refractivity (Wildman–Crippen MR) is 85.3 cm³/mol. The lowest BCUT2D eigenvalue weighted by Crippen LogP contribution is -2.55. The third-order valence-corrected chi connectivity index (χ3v) is 4.37. The molecule has 1 aromatic carbocycles. The molecule has 6 heteroatoms. The number of fused-ring (bicyclic) bond motifs is 1. The highest BCUT2D eigenvalue weighted by Crippen LogP contribution is 2.23. The van der Waals surface area contributed by atoms with Crippen molar-refractivity contribution >= 4 is 22.8 Å². The zero-order valence-electron chi connectivity index (χ0n) is 13.0. The maximum absolute atomic E-state index is 12.4. The van der Waals surface area contributed by atoms with Gasteiger partial charge in [-0.3, -0.25) is 4.79 Å². The first-order valence-corrected chi connectivity index (χ1v) is 7.74. The Morgan fingerprint density at radius 3 is 2.83 bits per heavy atom. The number of carbonyl (C=O) groups is 2. The number of nitrogens with zero attached hydrogens (tertiary/aromatic N) is 1. The first kappa shape index (κ1) is 15.6. The first-order chi connectivity index (χ1) is 11.1. The Labute approximate surface area is 134 Å². The summed E-state index contributed by atoms with van der Waals surface area (Å²) in [5.74, 6) is -1.34. The maximum atomic E-state index is 12.4. The van der Waals surface area contributed by atoms with Gasteiger partial charge in [0.05, 0.1) is 13.0 Å². The Morgan fingerprint density at radius 1 is 1.39 bits per heavy atom. The van der Waals surface area contributed by atoms with Gasteiger partial charge in [0.1, 0.15) is 0 Å². The van der Waals surface area contributed by atoms with Gasteiger partial charge in [0.15, 0.2) is 5.54 Å². The lowest BCUT2D eigenvalue weighted by molar-refractivity contribution is -0.147. The molecular formula is C17H20N2O4. The van der Waals surface area contributed by atoms with Crippen molar-refractivity contribution in [2.24, 2.45) is 0 Å². The van der Waals surface area contributed by atoms with E-state index in [9.17, 15) is 14.7 Å². The van der Waals surface area contributed by atoms with Crippen LogP contribution in [0.3, 0.4) is 0 Å². The summed E-state index contributed by atoms with van der Waals surface area (Å²) in [5, 5.41) is 13.1. The highest BCUT2D eigenvalue weighted by molar-refractivity contribution is 5.92. The van der Waals surface area contributed by atoms with Gasteiger partial charge in [-0.25, -0.2) is 4.79 Å². The van der Waals surface area contributed by atoms with Crippen LogP contribution in [0.15, 0.2) is 30.5 Å². The Kier molecular flexibility index (Phi) is 4.09. The smallest absolute Gasteiger partial charge is 0.331 e. The minimum atomic E-state index is -1.29. The number of hydrogen-bond donors (Lipinski definition) is 2. The average molecular weight is 316 g/mol. The summed E-state index contributed by atoms with van der Waals surface area (Å²) in [7, 11) is 0. The van der Waals surface area contributed by atoms with Crippen LogP contribution in [-0.4, -0.2) is 40.3 Å². The van der Waals surface area contributed by atoms with Crippen molar-refractivity contribution in [2.45, 2.75) is 31.8 Å². The van der Waals surface area contributed by atoms with Crippen LogP contribution in [0, 0.1) is 0 Å². The van der Waals surface area contributed by atoms with E-state index >= 15 is 0 Å². The van der Waals surface area contributed by atoms with Crippen molar-refractivity contribution in [1.29, 1.82) is 0 Å². The normalized spacial score (nSPS) is 20.7. The molecule has 0 saturated carbocycles. The molecule has 1 amide bonds. The molecule has 23 heavy (non-hydrogen) atoms. The quantitative estimate of drug-likeness (QED) is 0.877. The number of para-hydroxylation sites is 1. The fraction of sp³-hybridized carbons (Fsp3) is 0.412. The number of aromatic nitrogens is 1. The van der Waals surface area contributed by atoms with E-state index in [1.165, 1.54) is 0 Å². The Bertz CT molecular complexity index is 744. The van der Waals surface area contributed by atoms with Crippen LogP contribution in [0.1, 0.15) is 18.9 Å². The molecule has 2 aromatic rings. The van der Waals surface area contributed by atoms with Crippen LogP contribution >= 0.6 is 0 Å². The number of benzene rings is 1. The van der Waals surface area contributed by atoms with Gasteiger partial charge in [0.2, 0.25) is 5.91 Å². The predicted octanol–water partition coefficient (Wildman–Crippen LogP) is 1.56. The topological polar surface area (TPSA) is 80.6 Å². The van der Waals surface area contributed by atoms with Crippen LogP contribution in [0.4, 0.5) is 0 Å². The number of ether oxygens (including phenoxy) is 1. The molecule has 0 radical (unpaired) electrons. The molecule has 1 unspecified atom stereocenters. The fourth-order valence-electron chi connectivity index (χ4n) is 3.10. The number of hydrogen-bond acceptors (Lipinski definition) is 3. The number of carboxylic acid groups (broad SMARTS) is 1. The molecule has 1 aromatic heterocycles. The van der Waals surface area contributed by atoms with E-state index in [1.807, 2.05) is 37.4 Å². The minimum Gasteiger partial charge on any atom is -0.479 e. The number of carbonyl (C=O) groups excluding carboxylic acids is 1. The number of carboxylic acids is 1. The second kappa shape index (κ2) is 6.04. The molecule has 0 spiro atoms. The zero-order chi connectivity index (χ0) is 16.4. The third-order valence-electron chi connectivity index (χ3n) is 4.37. The van der Waals surface area contributed by atoms with Gasteiger partial charge in [-0.1, -0.05) is 18.2 Å². The summed E-state index contributed by atoms with van der Waals surface area (Å²) in [4.78, 5) is 23.9. The number of aliphatic carboxylic acids is 1. The molecule has 2 N–H and O–H groups in total. The summed E-state index contributed by atoms with van der Waals surface area (Å²) in [6.07, 6.45) is 2.41. The van der Waals surface area contributed by atoms with Gasteiger partial charge in [0.25, 0.3) is 0 Å². The molecule has 1 atom stereocenters. The summed E-state index contributed by atoms with van der Waals surface area (Å²) in [6.45, 7) is 3.23. The molecular weight excluding hydrogens is 296 g/mol. The summed E-state index contributed by atoms with van der Waals surface area (Å²) < 4.78 is 7.25. The molecule has 0 bridgehead atoms. The fourth-order valence-corrected chi connectivity index (χ4v) is 3.10. The lowest BCUT2D eigenvalue weighted by Gasteiger charge is -2.23. The number of rotatable bonds is 5. The maximum Gasteiger partial charge on any atom is 0.331 e. The number of amides is 1. The molecule has 6 nitrogen and oxygen atoms in total. The SMILES string of the molecule is CCn1cc(CC(=O)NC2(C(=O)O)CCOC2)c2ccccc21. The van der Waals surface area contributed by atoms with E-state index < -0.39 is 11.5 Å². The minimum absolute atomic E-state index is 0.0186. The van der Waals surface area contributed by atoms with Gasteiger partial charge in [0, 0.05) is 36.7 Å². The Balaban J connectivity index is 1.82. The van der Waals surface area contributed by atoms with Crippen LogP contribution in [0.5, 0.6) is 0 Å². The van der Waals surface area contributed by atoms with E-state index in [1.54, 1.807) is 0 Å². The molecule has 1 aliphatic heterocycles. The number of nitrogens with one attached hydrogen (secondary N) is 1. The van der Waals surface area contributed by atoms with E-state index in [2.05, 4.69) is 9.88 Å². The summed E-state index contributed by atoms with van der Waals surface area (Å²) >= 11 is 0. The van der Waals surface area contributed by atoms with E-state index in [0.29, 0.717) is 13.0 Å². The molecule has 1 saturated heterocycles. The van der Waals surface area contributed by atoms with Gasteiger partial charge >= 0.3 is 5.97 Å². The van der Waals surface area contributed by atoms with Crippen molar-refractivity contribution < 1.29 is 19.4 Å². The van der Waals surface area contributed by atoms with Gasteiger partial charge in [-0.15, -0.1) is 0 Å². The first-order valence-electron chi connectivity index (χ1n) is 7.74. The van der Waals surface area contributed by atoms with Crippen molar-refractivity contribution in [1.82, 2.24) is 9.88 Å². The van der Waals surface area contributed by atoms with E-state index in [-0.39, 0.29) is 18.9 Å². The monoisotopic (exact) mass is 316 g/mol. The largest absolute Gasteiger partial charge is 0.479 e. The highest BCUT2D eigenvalue weighted by Gasteiger charge is 2.43. The Morgan fingerprint density at radius 2 is 2.17 bits per heavy atom. The second-order valence-electron chi connectivity index (χ2n) is 5.87. The Hall–Kier alpha value is -2.34. The van der Waals surface area contributed by atoms with Crippen molar-refractivity contribution in [2.75, 3.05) is 13.2 Å². The average Bonchev–Trinajstić information content (AvgIpc) is 3.13. The van der Waals surface area contributed by atoms with Gasteiger partial charge in [-0.2, -0.15) is 0 Å². The van der Waals surface area contributed by atoms with E-state index in [4.69, 9.17) is 4.74 Å². The van der Waals surface area contributed by atoms with E-state index in [0.717, 1.165) is 23.0 Å².